The zero-order chi connectivity index (χ0) is 14.4. The SMILES string of the molecule is CCCCc1ccc(CC(=NO)c2ccc(F)cc2)o1. The Bertz CT molecular complexity index is 572. The summed E-state index contributed by atoms with van der Waals surface area (Å²) < 4.78 is 18.6. The molecular formula is C16H18FNO2. The fourth-order valence-electron chi connectivity index (χ4n) is 2.01. The van der Waals surface area contributed by atoms with Crippen molar-refractivity contribution >= 4 is 5.71 Å². The molecule has 0 bridgehead atoms. The van der Waals surface area contributed by atoms with E-state index in [1.54, 1.807) is 12.1 Å². The first-order valence-electron chi connectivity index (χ1n) is 6.77. The summed E-state index contributed by atoms with van der Waals surface area (Å²) in [5, 5.41) is 12.4. The average Bonchev–Trinajstić information content (AvgIpc) is 2.91. The monoisotopic (exact) mass is 275 g/mol. The van der Waals surface area contributed by atoms with Gasteiger partial charge in [-0.1, -0.05) is 30.6 Å². The first-order chi connectivity index (χ1) is 9.72. The smallest absolute Gasteiger partial charge is 0.123 e. The predicted octanol–water partition coefficient (Wildman–Crippen LogP) is 4.18. The fraction of sp³-hybridized carbons (Fsp3) is 0.312. The van der Waals surface area contributed by atoms with Crippen LogP contribution in [-0.4, -0.2) is 10.9 Å². The minimum atomic E-state index is -0.314. The number of hydrogen-bond donors (Lipinski definition) is 1. The van der Waals surface area contributed by atoms with Gasteiger partial charge in [-0.2, -0.15) is 0 Å². The highest BCUT2D eigenvalue weighted by Crippen LogP contribution is 2.14. The number of unbranched alkanes of at least 4 members (excludes halogenated alkanes) is 1. The van der Waals surface area contributed by atoms with E-state index in [0.717, 1.165) is 30.8 Å². The van der Waals surface area contributed by atoms with E-state index in [4.69, 9.17) is 9.62 Å². The van der Waals surface area contributed by atoms with Gasteiger partial charge in [0.1, 0.15) is 17.3 Å². The van der Waals surface area contributed by atoms with Crippen molar-refractivity contribution in [2.75, 3.05) is 0 Å². The molecular weight excluding hydrogens is 257 g/mol. The second-order valence-corrected chi connectivity index (χ2v) is 4.70. The Labute approximate surface area is 117 Å². The maximum Gasteiger partial charge on any atom is 0.123 e. The van der Waals surface area contributed by atoms with E-state index in [1.165, 1.54) is 12.1 Å². The molecule has 4 heteroatoms. The topological polar surface area (TPSA) is 45.7 Å². The van der Waals surface area contributed by atoms with Gasteiger partial charge in [-0.15, -0.1) is 0 Å². The molecule has 3 nitrogen and oxygen atoms in total. The number of benzene rings is 1. The lowest BCUT2D eigenvalue weighted by molar-refractivity contribution is 0.317. The molecule has 0 amide bonds. The minimum Gasteiger partial charge on any atom is -0.466 e. The quantitative estimate of drug-likeness (QED) is 0.488. The number of oxime groups is 1. The molecule has 2 rings (SSSR count). The zero-order valence-corrected chi connectivity index (χ0v) is 11.5. The maximum atomic E-state index is 12.9. The van der Waals surface area contributed by atoms with Crippen molar-refractivity contribution in [1.29, 1.82) is 0 Å². The van der Waals surface area contributed by atoms with Gasteiger partial charge < -0.3 is 9.62 Å². The molecule has 0 saturated carbocycles. The van der Waals surface area contributed by atoms with Crippen molar-refractivity contribution in [3.8, 4) is 0 Å². The van der Waals surface area contributed by atoms with E-state index < -0.39 is 0 Å². The molecule has 1 aromatic carbocycles. The van der Waals surface area contributed by atoms with Crippen LogP contribution in [0.5, 0.6) is 0 Å². The summed E-state index contributed by atoms with van der Waals surface area (Å²) in [7, 11) is 0. The van der Waals surface area contributed by atoms with Crippen LogP contribution in [0.2, 0.25) is 0 Å². The molecule has 1 aromatic heterocycles. The van der Waals surface area contributed by atoms with Crippen molar-refractivity contribution in [3.05, 3.63) is 59.3 Å². The van der Waals surface area contributed by atoms with Gasteiger partial charge in [-0.3, -0.25) is 0 Å². The van der Waals surface area contributed by atoms with Crippen LogP contribution in [0.25, 0.3) is 0 Å². The maximum absolute atomic E-state index is 12.9. The van der Waals surface area contributed by atoms with Crippen LogP contribution in [-0.2, 0) is 12.8 Å². The van der Waals surface area contributed by atoms with Crippen LogP contribution in [0, 0.1) is 5.82 Å². The number of aryl methyl sites for hydroxylation is 1. The summed E-state index contributed by atoms with van der Waals surface area (Å²) in [6.07, 6.45) is 3.51. The minimum absolute atomic E-state index is 0.314. The van der Waals surface area contributed by atoms with E-state index in [-0.39, 0.29) is 5.82 Å². The van der Waals surface area contributed by atoms with Gasteiger partial charge in [0.15, 0.2) is 0 Å². The first-order valence-corrected chi connectivity index (χ1v) is 6.77. The molecule has 2 aromatic rings. The van der Waals surface area contributed by atoms with Crippen LogP contribution in [0.1, 0.15) is 36.8 Å². The van der Waals surface area contributed by atoms with Gasteiger partial charge in [-0.05, 0) is 36.2 Å². The van der Waals surface area contributed by atoms with E-state index in [0.29, 0.717) is 17.7 Å². The lowest BCUT2D eigenvalue weighted by atomic mass is 10.1. The van der Waals surface area contributed by atoms with Gasteiger partial charge in [-0.25, -0.2) is 4.39 Å². The van der Waals surface area contributed by atoms with Crippen molar-refractivity contribution in [2.45, 2.75) is 32.6 Å². The van der Waals surface area contributed by atoms with Crippen molar-refractivity contribution in [2.24, 2.45) is 5.16 Å². The molecule has 106 valence electrons. The number of rotatable bonds is 6. The standard InChI is InChI=1S/C16H18FNO2/c1-2-3-4-14-9-10-15(20-14)11-16(18-19)12-5-7-13(17)8-6-12/h5-10,19H,2-4,11H2,1H3. The van der Waals surface area contributed by atoms with Crippen molar-refractivity contribution in [1.82, 2.24) is 0 Å². The van der Waals surface area contributed by atoms with E-state index in [1.807, 2.05) is 12.1 Å². The third kappa shape index (κ3) is 3.70. The molecule has 0 atom stereocenters. The molecule has 0 unspecified atom stereocenters. The first kappa shape index (κ1) is 14.3. The summed E-state index contributed by atoms with van der Waals surface area (Å²) in [5.74, 6) is 1.37. The summed E-state index contributed by atoms with van der Waals surface area (Å²) in [5.41, 5.74) is 1.14. The van der Waals surface area contributed by atoms with Crippen LogP contribution >= 0.6 is 0 Å². The molecule has 0 aliphatic rings. The van der Waals surface area contributed by atoms with Gasteiger partial charge >= 0.3 is 0 Å². The highest BCUT2D eigenvalue weighted by molar-refractivity contribution is 6.01. The third-order valence-electron chi connectivity index (χ3n) is 3.13. The Morgan fingerprint density at radius 1 is 1.15 bits per heavy atom. The molecule has 0 radical (unpaired) electrons. The molecule has 0 aliphatic heterocycles. The van der Waals surface area contributed by atoms with E-state index in [2.05, 4.69) is 12.1 Å². The largest absolute Gasteiger partial charge is 0.466 e. The average molecular weight is 275 g/mol. The van der Waals surface area contributed by atoms with E-state index >= 15 is 0 Å². The Kier molecular flexibility index (Phi) is 4.93. The molecule has 20 heavy (non-hydrogen) atoms. The molecule has 0 saturated heterocycles. The fourth-order valence-corrected chi connectivity index (χ4v) is 2.01. The van der Waals surface area contributed by atoms with Crippen LogP contribution in [0.15, 0.2) is 46.0 Å². The molecule has 0 spiro atoms. The molecule has 0 aliphatic carbocycles. The van der Waals surface area contributed by atoms with Gasteiger partial charge in [0, 0.05) is 6.42 Å². The zero-order valence-electron chi connectivity index (χ0n) is 11.5. The Morgan fingerprint density at radius 3 is 2.50 bits per heavy atom. The van der Waals surface area contributed by atoms with Gasteiger partial charge in [0.05, 0.1) is 12.1 Å². The predicted molar refractivity (Wildman–Crippen MR) is 75.7 cm³/mol. The van der Waals surface area contributed by atoms with Crippen molar-refractivity contribution in [3.63, 3.8) is 0 Å². The van der Waals surface area contributed by atoms with Crippen molar-refractivity contribution < 1.29 is 14.0 Å². The second kappa shape index (κ2) is 6.89. The summed E-state index contributed by atoms with van der Waals surface area (Å²) in [4.78, 5) is 0. The number of halogens is 1. The van der Waals surface area contributed by atoms with Crippen LogP contribution in [0.3, 0.4) is 0 Å². The van der Waals surface area contributed by atoms with Crippen LogP contribution < -0.4 is 0 Å². The third-order valence-corrected chi connectivity index (χ3v) is 3.13. The number of hydrogen-bond acceptors (Lipinski definition) is 3. The molecule has 0 fully saturated rings. The van der Waals surface area contributed by atoms with Gasteiger partial charge in [0.2, 0.25) is 0 Å². The lowest BCUT2D eigenvalue weighted by Crippen LogP contribution is -2.04. The summed E-state index contributed by atoms with van der Waals surface area (Å²) in [6, 6.07) is 9.70. The van der Waals surface area contributed by atoms with E-state index in [9.17, 15) is 4.39 Å². The normalized spacial score (nSPS) is 11.8. The Balaban J connectivity index is 2.07. The lowest BCUT2D eigenvalue weighted by Gasteiger charge is -2.03. The highest BCUT2D eigenvalue weighted by atomic mass is 19.1. The highest BCUT2D eigenvalue weighted by Gasteiger charge is 2.09. The Hall–Kier alpha value is -2.10. The number of nitrogens with zero attached hydrogens (tertiary/aromatic N) is 1. The second-order valence-electron chi connectivity index (χ2n) is 4.70. The molecule has 1 N–H and O–H groups in total. The van der Waals surface area contributed by atoms with Crippen LogP contribution in [0.4, 0.5) is 4.39 Å². The summed E-state index contributed by atoms with van der Waals surface area (Å²) >= 11 is 0. The Morgan fingerprint density at radius 2 is 1.85 bits per heavy atom. The summed E-state index contributed by atoms with van der Waals surface area (Å²) in [6.45, 7) is 2.13. The number of furan rings is 1. The van der Waals surface area contributed by atoms with Gasteiger partial charge in [0.25, 0.3) is 0 Å². The molecule has 1 heterocycles.